The van der Waals surface area contributed by atoms with Crippen LogP contribution in [0.4, 0.5) is 0 Å². The molecule has 2 aromatic carbocycles. The maximum Gasteiger partial charge on any atom is 0.295 e. The molecule has 0 unspecified atom stereocenters. The molecular weight excluding hydrogens is 472 g/mol. The Kier molecular flexibility index (Phi) is 9.21. The molecule has 8 heteroatoms. The van der Waals surface area contributed by atoms with Crippen molar-refractivity contribution in [1.29, 1.82) is 0 Å². The van der Waals surface area contributed by atoms with Gasteiger partial charge in [0.2, 0.25) is 0 Å². The molecule has 200 valence electrons. The number of aryl methyl sites for hydroxylation is 1. The number of ketones is 1. The Morgan fingerprint density at radius 1 is 1.05 bits per heavy atom. The minimum absolute atomic E-state index is 0.00481. The number of aliphatic hydroxyl groups excluding tert-OH is 1. The molecule has 1 heterocycles. The lowest BCUT2D eigenvalue weighted by atomic mass is 9.94. The Balaban J connectivity index is 2.19. The first-order valence-electron chi connectivity index (χ1n) is 12.7. The number of methoxy groups -OCH3 is 2. The molecule has 1 saturated heterocycles. The number of aliphatic hydroxyl groups is 1. The van der Waals surface area contributed by atoms with Gasteiger partial charge in [-0.1, -0.05) is 26.0 Å². The highest BCUT2D eigenvalue weighted by Crippen LogP contribution is 2.45. The number of hydrogen-bond donors (Lipinski definition) is 1. The molecular formula is C29H38N2O6. The molecule has 1 N–H and O–H groups in total. The number of nitrogens with zero attached hydrogens (tertiary/aromatic N) is 2. The first kappa shape index (κ1) is 28.1. The van der Waals surface area contributed by atoms with Crippen LogP contribution in [0.2, 0.25) is 0 Å². The van der Waals surface area contributed by atoms with Crippen molar-refractivity contribution in [3.05, 3.63) is 58.7 Å². The zero-order valence-electron chi connectivity index (χ0n) is 22.8. The van der Waals surface area contributed by atoms with Crippen molar-refractivity contribution in [3.8, 4) is 17.2 Å². The molecule has 0 saturated carbocycles. The fourth-order valence-corrected chi connectivity index (χ4v) is 4.69. The van der Waals surface area contributed by atoms with Crippen LogP contribution in [0.3, 0.4) is 0 Å². The summed E-state index contributed by atoms with van der Waals surface area (Å²) >= 11 is 0. The van der Waals surface area contributed by atoms with Crippen molar-refractivity contribution in [2.45, 2.75) is 46.8 Å². The Labute approximate surface area is 219 Å². The lowest BCUT2D eigenvalue weighted by Gasteiger charge is -2.29. The molecule has 0 radical (unpaired) electrons. The van der Waals surface area contributed by atoms with E-state index >= 15 is 0 Å². The summed E-state index contributed by atoms with van der Waals surface area (Å²) in [5, 5.41) is 11.5. The van der Waals surface area contributed by atoms with Gasteiger partial charge in [0, 0.05) is 24.2 Å². The number of rotatable bonds is 11. The van der Waals surface area contributed by atoms with Gasteiger partial charge in [0.15, 0.2) is 11.5 Å². The van der Waals surface area contributed by atoms with Gasteiger partial charge in [-0.3, -0.25) is 9.59 Å². The van der Waals surface area contributed by atoms with Gasteiger partial charge in [0.25, 0.3) is 11.7 Å². The van der Waals surface area contributed by atoms with Gasteiger partial charge in [0.05, 0.1) is 31.9 Å². The number of amides is 1. The van der Waals surface area contributed by atoms with E-state index in [2.05, 4.69) is 18.7 Å². The molecule has 3 rings (SSSR count). The molecule has 8 nitrogen and oxygen atoms in total. The highest BCUT2D eigenvalue weighted by atomic mass is 16.5. The van der Waals surface area contributed by atoms with E-state index in [0.29, 0.717) is 41.5 Å². The summed E-state index contributed by atoms with van der Waals surface area (Å²) in [6.45, 7) is 12.4. The molecule has 1 aliphatic rings. The van der Waals surface area contributed by atoms with Gasteiger partial charge in [-0.2, -0.15) is 0 Å². The van der Waals surface area contributed by atoms with Gasteiger partial charge in [-0.05, 0) is 63.7 Å². The molecule has 0 aliphatic carbocycles. The molecule has 1 fully saturated rings. The maximum absolute atomic E-state index is 13.4. The van der Waals surface area contributed by atoms with Crippen molar-refractivity contribution in [3.63, 3.8) is 0 Å². The van der Waals surface area contributed by atoms with Gasteiger partial charge in [0.1, 0.15) is 11.5 Å². The van der Waals surface area contributed by atoms with E-state index < -0.39 is 17.7 Å². The summed E-state index contributed by atoms with van der Waals surface area (Å²) in [6, 6.07) is 9.71. The molecule has 1 atom stereocenters. The standard InChI is InChI=1S/C29H38N2O6/c1-8-30(9-2)15-16-31-25(21-11-10-12-23(35-6)28(21)36-7)24(27(33)29(31)34)26(32)20-13-14-22(19(5)17-20)37-18(3)4/h10-14,17-18,25,32H,8-9,15-16H2,1-7H3/b26-24+/t25-/m0/s1. The van der Waals surface area contributed by atoms with Gasteiger partial charge < -0.3 is 29.1 Å². The molecule has 1 amide bonds. The van der Waals surface area contributed by atoms with E-state index in [-0.39, 0.29) is 17.4 Å². The largest absolute Gasteiger partial charge is 0.507 e. The predicted molar refractivity (Wildman–Crippen MR) is 143 cm³/mol. The van der Waals surface area contributed by atoms with Crippen LogP contribution >= 0.6 is 0 Å². The van der Waals surface area contributed by atoms with Gasteiger partial charge in [-0.15, -0.1) is 0 Å². The first-order valence-corrected chi connectivity index (χ1v) is 12.7. The Hall–Kier alpha value is -3.52. The highest BCUT2D eigenvalue weighted by molar-refractivity contribution is 6.46. The summed E-state index contributed by atoms with van der Waals surface area (Å²) < 4.78 is 17.0. The smallest absolute Gasteiger partial charge is 0.295 e. The van der Waals surface area contributed by atoms with Crippen LogP contribution < -0.4 is 14.2 Å². The molecule has 2 aromatic rings. The summed E-state index contributed by atoms with van der Waals surface area (Å²) in [5.41, 5.74) is 1.83. The van der Waals surface area contributed by atoms with E-state index in [1.54, 1.807) is 36.4 Å². The average Bonchev–Trinajstić information content (AvgIpc) is 3.14. The van der Waals surface area contributed by atoms with Crippen LogP contribution in [0.25, 0.3) is 5.76 Å². The van der Waals surface area contributed by atoms with E-state index in [1.165, 1.54) is 19.1 Å². The zero-order chi connectivity index (χ0) is 27.3. The summed E-state index contributed by atoms with van der Waals surface area (Å²) in [4.78, 5) is 30.5. The van der Waals surface area contributed by atoms with E-state index in [0.717, 1.165) is 18.7 Å². The predicted octanol–water partition coefficient (Wildman–Crippen LogP) is 4.56. The van der Waals surface area contributed by atoms with Crippen molar-refractivity contribution in [2.75, 3.05) is 40.4 Å². The molecule has 0 bridgehead atoms. The average molecular weight is 511 g/mol. The third-order valence-corrected chi connectivity index (χ3v) is 6.63. The number of carbonyl (C=O) groups is 2. The first-order chi connectivity index (χ1) is 17.7. The van der Waals surface area contributed by atoms with Crippen molar-refractivity contribution < 1.29 is 28.9 Å². The van der Waals surface area contributed by atoms with Gasteiger partial charge >= 0.3 is 0 Å². The second-order valence-electron chi connectivity index (χ2n) is 9.25. The van der Waals surface area contributed by atoms with Gasteiger partial charge in [-0.25, -0.2) is 0 Å². The van der Waals surface area contributed by atoms with Crippen molar-refractivity contribution >= 4 is 17.4 Å². The molecule has 37 heavy (non-hydrogen) atoms. The molecule has 1 aliphatic heterocycles. The topological polar surface area (TPSA) is 88.5 Å². The maximum atomic E-state index is 13.4. The van der Waals surface area contributed by atoms with E-state index in [1.807, 2.05) is 20.8 Å². The number of likely N-dealkylation sites (tertiary alicyclic amines) is 1. The van der Waals surface area contributed by atoms with Crippen LogP contribution in [0.1, 0.15) is 50.4 Å². The van der Waals surface area contributed by atoms with Crippen LogP contribution in [0.15, 0.2) is 42.0 Å². The number of carbonyl (C=O) groups excluding carboxylic acids is 2. The number of likely N-dealkylation sites (N-methyl/N-ethyl adjacent to an activating group) is 1. The fourth-order valence-electron chi connectivity index (χ4n) is 4.69. The minimum atomic E-state index is -0.840. The second kappa shape index (κ2) is 12.1. The molecule has 0 spiro atoms. The fraction of sp³-hybridized carbons (Fsp3) is 0.448. The Morgan fingerprint density at radius 3 is 2.32 bits per heavy atom. The second-order valence-corrected chi connectivity index (χ2v) is 9.25. The number of benzene rings is 2. The van der Waals surface area contributed by atoms with Crippen LogP contribution in [-0.2, 0) is 9.59 Å². The van der Waals surface area contributed by atoms with Crippen molar-refractivity contribution in [2.24, 2.45) is 0 Å². The molecule has 0 aromatic heterocycles. The minimum Gasteiger partial charge on any atom is -0.507 e. The Morgan fingerprint density at radius 2 is 1.76 bits per heavy atom. The Bertz CT molecular complexity index is 1170. The van der Waals surface area contributed by atoms with E-state index in [9.17, 15) is 14.7 Å². The summed E-state index contributed by atoms with van der Waals surface area (Å²) in [7, 11) is 3.04. The normalized spacial score (nSPS) is 17.1. The quantitative estimate of drug-likeness (QED) is 0.269. The van der Waals surface area contributed by atoms with Crippen molar-refractivity contribution in [1.82, 2.24) is 9.80 Å². The number of para-hydroxylation sites is 1. The number of ether oxygens (including phenoxy) is 3. The summed E-state index contributed by atoms with van der Waals surface area (Å²) in [6.07, 6.45) is -0.00481. The van der Waals surface area contributed by atoms with E-state index in [4.69, 9.17) is 14.2 Å². The number of Topliss-reactive ketones (excluding diaryl/α,β-unsaturated/α-hetero) is 1. The number of hydrogen-bond acceptors (Lipinski definition) is 7. The third kappa shape index (κ3) is 5.74. The third-order valence-electron chi connectivity index (χ3n) is 6.63. The highest BCUT2D eigenvalue weighted by Gasteiger charge is 2.47. The lowest BCUT2D eigenvalue weighted by Crippen LogP contribution is -2.38. The van der Waals surface area contributed by atoms with Crippen LogP contribution in [0.5, 0.6) is 17.2 Å². The van der Waals surface area contributed by atoms with Crippen LogP contribution in [-0.4, -0.2) is 73.1 Å². The summed E-state index contributed by atoms with van der Waals surface area (Å²) in [5.74, 6) is -0.0463. The van der Waals surface area contributed by atoms with Crippen LogP contribution in [0, 0.1) is 6.92 Å². The SMILES string of the molecule is CCN(CC)CCN1C(=O)C(=O)/C(=C(/O)c2ccc(OC(C)C)c(C)c2)[C@@H]1c1cccc(OC)c1OC. The zero-order valence-corrected chi connectivity index (χ0v) is 22.8. The lowest BCUT2D eigenvalue weighted by molar-refractivity contribution is -0.140. The monoisotopic (exact) mass is 510 g/mol.